The Balaban J connectivity index is 1.69. The van der Waals surface area contributed by atoms with Crippen LogP contribution in [0.3, 0.4) is 0 Å². The molecule has 0 spiro atoms. The maximum Gasteiger partial charge on any atom is 0.234 e. The first-order valence-electron chi connectivity index (χ1n) is 8.56. The van der Waals surface area contributed by atoms with Crippen LogP contribution in [0.25, 0.3) is 11.4 Å². The van der Waals surface area contributed by atoms with Gasteiger partial charge >= 0.3 is 0 Å². The highest BCUT2D eigenvalue weighted by atomic mass is 32.2. The number of carbonyl (C=O) groups excluding carboxylic acids is 1. The van der Waals surface area contributed by atoms with Crippen LogP contribution in [0, 0.1) is 13.8 Å². The number of rotatable bonds is 6. The van der Waals surface area contributed by atoms with Gasteiger partial charge in [-0.2, -0.15) is 0 Å². The third-order valence-electron chi connectivity index (χ3n) is 3.94. The van der Waals surface area contributed by atoms with Gasteiger partial charge in [-0.05, 0) is 44.5 Å². The Kier molecular flexibility index (Phi) is 5.73. The predicted octanol–water partition coefficient (Wildman–Crippen LogP) is 4.31. The molecule has 2 aromatic carbocycles. The van der Waals surface area contributed by atoms with E-state index in [9.17, 15) is 4.79 Å². The molecule has 0 saturated carbocycles. The summed E-state index contributed by atoms with van der Waals surface area (Å²) in [6, 6.07) is 16.0. The van der Waals surface area contributed by atoms with E-state index in [-0.39, 0.29) is 5.91 Å². The molecule has 1 N–H and O–H groups in total. The molecule has 0 bridgehead atoms. The fraction of sp³-hybridized carbons (Fsp3) is 0.250. The van der Waals surface area contributed by atoms with Gasteiger partial charge in [0, 0.05) is 17.8 Å². The fourth-order valence-corrected chi connectivity index (χ4v) is 3.53. The zero-order valence-corrected chi connectivity index (χ0v) is 16.0. The summed E-state index contributed by atoms with van der Waals surface area (Å²) in [5.41, 5.74) is 4.15. The van der Waals surface area contributed by atoms with Crippen LogP contribution in [0.1, 0.15) is 18.1 Å². The Morgan fingerprint density at radius 2 is 1.81 bits per heavy atom. The lowest BCUT2D eigenvalue weighted by atomic mass is 10.1. The zero-order chi connectivity index (χ0) is 18.5. The normalized spacial score (nSPS) is 10.7. The van der Waals surface area contributed by atoms with Crippen molar-refractivity contribution in [3.05, 3.63) is 59.7 Å². The Hall–Kier alpha value is -2.60. The molecule has 0 fully saturated rings. The van der Waals surface area contributed by atoms with Gasteiger partial charge in [0.15, 0.2) is 11.0 Å². The van der Waals surface area contributed by atoms with Gasteiger partial charge in [-0.3, -0.25) is 4.79 Å². The van der Waals surface area contributed by atoms with Crippen molar-refractivity contribution in [3.63, 3.8) is 0 Å². The third kappa shape index (κ3) is 4.32. The first kappa shape index (κ1) is 18.2. The zero-order valence-electron chi connectivity index (χ0n) is 15.2. The standard InChI is InChI=1S/C20H22N4OS/c1-4-24-19(16-9-5-7-14(2)11-16)22-23-20(24)26-13-18(25)21-17-10-6-8-15(3)12-17/h5-12H,4,13H2,1-3H3,(H,21,25). The largest absolute Gasteiger partial charge is 0.325 e. The number of anilines is 1. The van der Waals surface area contributed by atoms with Gasteiger partial charge in [-0.1, -0.05) is 47.7 Å². The molecular weight excluding hydrogens is 344 g/mol. The molecule has 1 aromatic heterocycles. The molecule has 0 unspecified atom stereocenters. The number of benzene rings is 2. The second kappa shape index (κ2) is 8.19. The molecule has 6 heteroatoms. The Morgan fingerprint density at radius 3 is 2.50 bits per heavy atom. The second-order valence-corrected chi connectivity index (χ2v) is 7.07. The average molecular weight is 366 g/mol. The summed E-state index contributed by atoms with van der Waals surface area (Å²) in [6.45, 7) is 6.86. The summed E-state index contributed by atoms with van der Waals surface area (Å²) in [6.07, 6.45) is 0. The van der Waals surface area contributed by atoms with Crippen molar-refractivity contribution in [2.75, 3.05) is 11.1 Å². The van der Waals surface area contributed by atoms with E-state index in [1.165, 1.54) is 17.3 Å². The number of nitrogens with one attached hydrogen (secondary N) is 1. The van der Waals surface area contributed by atoms with Gasteiger partial charge in [0.05, 0.1) is 5.75 Å². The van der Waals surface area contributed by atoms with Crippen LogP contribution in [0.4, 0.5) is 5.69 Å². The third-order valence-corrected chi connectivity index (χ3v) is 4.91. The van der Waals surface area contributed by atoms with Crippen molar-refractivity contribution in [1.82, 2.24) is 14.8 Å². The van der Waals surface area contributed by atoms with Crippen LogP contribution >= 0.6 is 11.8 Å². The molecule has 0 radical (unpaired) electrons. The molecule has 0 aliphatic rings. The number of aryl methyl sites for hydroxylation is 2. The number of hydrogen-bond donors (Lipinski definition) is 1. The molecule has 26 heavy (non-hydrogen) atoms. The van der Waals surface area contributed by atoms with E-state index < -0.39 is 0 Å². The molecule has 5 nitrogen and oxygen atoms in total. The topological polar surface area (TPSA) is 59.8 Å². The van der Waals surface area contributed by atoms with Gasteiger partial charge in [0.1, 0.15) is 0 Å². The van der Waals surface area contributed by atoms with Gasteiger partial charge in [0.2, 0.25) is 5.91 Å². The van der Waals surface area contributed by atoms with E-state index in [1.807, 2.05) is 47.9 Å². The molecule has 0 aliphatic carbocycles. The van der Waals surface area contributed by atoms with E-state index >= 15 is 0 Å². The fourth-order valence-electron chi connectivity index (χ4n) is 2.73. The molecule has 0 saturated heterocycles. The SMILES string of the molecule is CCn1c(SCC(=O)Nc2cccc(C)c2)nnc1-c1cccc(C)c1. The first-order valence-corrected chi connectivity index (χ1v) is 9.55. The summed E-state index contributed by atoms with van der Waals surface area (Å²) in [5, 5.41) is 12.3. The van der Waals surface area contributed by atoms with Crippen LogP contribution in [0.2, 0.25) is 0 Å². The molecule has 134 valence electrons. The van der Waals surface area contributed by atoms with Crippen molar-refractivity contribution in [1.29, 1.82) is 0 Å². The van der Waals surface area contributed by atoms with E-state index in [1.54, 1.807) is 0 Å². The highest BCUT2D eigenvalue weighted by Crippen LogP contribution is 2.24. The van der Waals surface area contributed by atoms with Gasteiger partial charge in [0.25, 0.3) is 0 Å². The van der Waals surface area contributed by atoms with Crippen molar-refractivity contribution in [3.8, 4) is 11.4 Å². The monoisotopic (exact) mass is 366 g/mol. The summed E-state index contributed by atoms with van der Waals surface area (Å²) in [7, 11) is 0. The summed E-state index contributed by atoms with van der Waals surface area (Å²) >= 11 is 1.40. The Morgan fingerprint density at radius 1 is 1.08 bits per heavy atom. The predicted molar refractivity (Wildman–Crippen MR) is 106 cm³/mol. The smallest absolute Gasteiger partial charge is 0.234 e. The Labute approximate surface area is 157 Å². The Bertz CT molecular complexity index is 920. The molecule has 0 aliphatic heterocycles. The molecule has 1 heterocycles. The van der Waals surface area contributed by atoms with Gasteiger partial charge in [-0.15, -0.1) is 10.2 Å². The number of aromatic nitrogens is 3. The van der Waals surface area contributed by atoms with Gasteiger partial charge in [-0.25, -0.2) is 0 Å². The molecule has 3 rings (SSSR count). The minimum absolute atomic E-state index is 0.0524. The summed E-state index contributed by atoms with van der Waals surface area (Å²) in [5.74, 6) is 1.07. The van der Waals surface area contributed by atoms with Crippen LogP contribution in [-0.2, 0) is 11.3 Å². The lowest BCUT2D eigenvalue weighted by molar-refractivity contribution is -0.113. The number of thioether (sulfide) groups is 1. The highest BCUT2D eigenvalue weighted by Gasteiger charge is 2.14. The van der Waals surface area contributed by atoms with Crippen LogP contribution in [-0.4, -0.2) is 26.4 Å². The molecule has 3 aromatic rings. The lowest BCUT2D eigenvalue weighted by Crippen LogP contribution is -2.14. The van der Waals surface area contributed by atoms with E-state index in [0.29, 0.717) is 5.75 Å². The van der Waals surface area contributed by atoms with Crippen LogP contribution in [0.5, 0.6) is 0 Å². The van der Waals surface area contributed by atoms with E-state index in [4.69, 9.17) is 0 Å². The van der Waals surface area contributed by atoms with Gasteiger partial charge < -0.3 is 9.88 Å². The van der Waals surface area contributed by atoms with Crippen LogP contribution < -0.4 is 5.32 Å². The van der Waals surface area contributed by atoms with E-state index in [2.05, 4.69) is 41.5 Å². The first-order chi connectivity index (χ1) is 12.6. The maximum atomic E-state index is 12.2. The minimum Gasteiger partial charge on any atom is -0.325 e. The van der Waals surface area contributed by atoms with E-state index in [0.717, 1.165) is 34.3 Å². The molecular formula is C20H22N4OS. The average Bonchev–Trinajstić information content (AvgIpc) is 3.03. The minimum atomic E-state index is -0.0524. The van der Waals surface area contributed by atoms with Crippen molar-refractivity contribution in [2.24, 2.45) is 0 Å². The molecule has 1 amide bonds. The highest BCUT2D eigenvalue weighted by molar-refractivity contribution is 7.99. The number of nitrogens with zero attached hydrogens (tertiary/aromatic N) is 3. The van der Waals surface area contributed by atoms with Crippen molar-refractivity contribution in [2.45, 2.75) is 32.5 Å². The number of amides is 1. The summed E-state index contributed by atoms with van der Waals surface area (Å²) < 4.78 is 2.04. The number of hydrogen-bond acceptors (Lipinski definition) is 4. The molecule has 0 atom stereocenters. The lowest BCUT2D eigenvalue weighted by Gasteiger charge is -2.08. The quantitative estimate of drug-likeness (QED) is 0.660. The number of carbonyl (C=O) groups is 1. The second-order valence-electron chi connectivity index (χ2n) is 6.13. The van der Waals surface area contributed by atoms with Crippen molar-refractivity contribution >= 4 is 23.4 Å². The maximum absolute atomic E-state index is 12.2. The summed E-state index contributed by atoms with van der Waals surface area (Å²) in [4.78, 5) is 12.2. The van der Waals surface area contributed by atoms with Crippen molar-refractivity contribution < 1.29 is 4.79 Å². The van der Waals surface area contributed by atoms with Crippen LogP contribution in [0.15, 0.2) is 53.7 Å².